The van der Waals surface area contributed by atoms with Gasteiger partial charge in [-0.25, -0.2) is 0 Å². The van der Waals surface area contributed by atoms with Gasteiger partial charge in [0.2, 0.25) is 0 Å². The highest BCUT2D eigenvalue weighted by Gasteiger charge is 2.11. The molecule has 0 bridgehead atoms. The zero-order valence-electron chi connectivity index (χ0n) is 12.9. The highest BCUT2D eigenvalue weighted by molar-refractivity contribution is 5.32. The molecule has 0 aliphatic heterocycles. The fraction of sp³-hybridized carbons (Fsp3) is 0.278. The molecule has 0 saturated heterocycles. The molecule has 0 heterocycles. The molecule has 0 amide bonds. The van der Waals surface area contributed by atoms with Crippen LogP contribution in [0.5, 0.6) is 5.75 Å². The van der Waals surface area contributed by atoms with Gasteiger partial charge >= 0.3 is 0 Å². The largest absolute Gasteiger partial charge is 0.497 e. The molecule has 0 fully saturated rings. The van der Waals surface area contributed by atoms with E-state index < -0.39 is 6.10 Å². The van der Waals surface area contributed by atoms with Gasteiger partial charge in [-0.05, 0) is 42.4 Å². The van der Waals surface area contributed by atoms with Gasteiger partial charge in [-0.1, -0.05) is 24.3 Å². The number of nitriles is 1. The minimum Gasteiger partial charge on any atom is -0.497 e. The number of aliphatic hydroxyl groups excluding tert-OH is 1. The molecule has 4 nitrogen and oxygen atoms in total. The predicted molar refractivity (Wildman–Crippen MR) is 85.4 cm³/mol. The van der Waals surface area contributed by atoms with Crippen LogP contribution in [0, 0.1) is 11.3 Å². The number of likely N-dealkylation sites (N-methyl/N-ethyl adjacent to an activating group) is 1. The van der Waals surface area contributed by atoms with Crippen molar-refractivity contribution in [2.24, 2.45) is 0 Å². The van der Waals surface area contributed by atoms with Crippen molar-refractivity contribution in [1.82, 2.24) is 4.90 Å². The Morgan fingerprint density at radius 2 is 1.77 bits per heavy atom. The van der Waals surface area contributed by atoms with E-state index >= 15 is 0 Å². The number of nitrogens with zero attached hydrogens (tertiary/aromatic N) is 2. The van der Waals surface area contributed by atoms with Crippen molar-refractivity contribution in [1.29, 1.82) is 5.26 Å². The summed E-state index contributed by atoms with van der Waals surface area (Å²) < 4.78 is 5.14. The molecule has 2 aromatic carbocycles. The lowest BCUT2D eigenvalue weighted by molar-refractivity contribution is 0.124. The van der Waals surface area contributed by atoms with E-state index in [0.717, 1.165) is 23.4 Å². The summed E-state index contributed by atoms with van der Waals surface area (Å²) in [5, 5.41) is 19.1. The van der Waals surface area contributed by atoms with Crippen LogP contribution in [0.2, 0.25) is 0 Å². The van der Waals surface area contributed by atoms with Crippen molar-refractivity contribution in [3.63, 3.8) is 0 Å². The van der Waals surface area contributed by atoms with E-state index in [1.807, 2.05) is 31.3 Å². The van der Waals surface area contributed by atoms with Crippen LogP contribution >= 0.6 is 0 Å². The molecule has 22 heavy (non-hydrogen) atoms. The number of aliphatic hydroxyl groups is 1. The van der Waals surface area contributed by atoms with E-state index in [0.29, 0.717) is 12.1 Å². The number of ether oxygens (including phenoxy) is 1. The molecule has 1 atom stereocenters. The summed E-state index contributed by atoms with van der Waals surface area (Å²) in [6.45, 7) is 1.27. The molecule has 2 aromatic rings. The summed E-state index contributed by atoms with van der Waals surface area (Å²) in [6, 6.07) is 17.0. The number of methoxy groups -OCH3 is 1. The van der Waals surface area contributed by atoms with E-state index in [9.17, 15) is 5.11 Å². The first-order chi connectivity index (χ1) is 10.6. The topological polar surface area (TPSA) is 56.5 Å². The second-order valence-electron chi connectivity index (χ2n) is 5.29. The average molecular weight is 296 g/mol. The third-order valence-corrected chi connectivity index (χ3v) is 3.52. The molecule has 114 valence electrons. The van der Waals surface area contributed by atoms with E-state index in [4.69, 9.17) is 10.00 Å². The normalized spacial score (nSPS) is 12.0. The van der Waals surface area contributed by atoms with Gasteiger partial charge in [0.05, 0.1) is 24.8 Å². The van der Waals surface area contributed by atoms with Crippen LogP contribution in [-0.4, -0.2) is 30.7 Å². The molecule has 0 aliphatic rings. The van der Waals surface area contributed by atoms with E-state index in [1.54, 1.807) is 31.4 Å². The lowest BCUT2D eigenvalue weighted by Crippen LogP contribution is -2.24. The number of rotatable bonds is 6. The Bertz CT molecular complexity index is 630. The molecular weight excluding hydrogens is 276 g/mol. The SMILES string of the molecule is COc1ccc(CN(C)CC(O)c2ccc(C#N)cc2)cc1. The van der Waals surface area contributed by atoms with Gasteiger partial charge < -0.3 is 9.84 Å². The number of hydrogen-bond donors (Lipinski definition) is 1. The van der Waals surface area contributed by atoms with E-state index in [-0.39, 0.29) is 0 Å². The van der Waals surface area contributed by atoms with Crippen LogP contribution in [0.15, 0.2) is 48.5 Å². The third-order valence-electron chi connectivity index (χ3n) is 3.52. The second kappa shape index (κ2) is 7.60. The lowest BCUT2D eigenvalue weighted by Gasteiger charge is -2.21. The quantitative estimate of drug-likeness (QED) is 0.890. The van der Waals surface area contributed by atoms with Gasteiger partial charge in [-0.15, -0.1) is 0 Å². The van der Waals surface area contributed by atoms with Crippen LogP contribution in [-0.2, 0) is 6.54 Å². The first-order valence-corrected chi connectivity index (χ1v) is 7.12. The van der Waals surface area contributed by atoms with Crippen molar-refractivity contribution < 1.29 is 9.84 Å². The van der Waals surface area contributed by atoms with Crippen molar-refractivity contribution in [2.45, 2.75) is 12.6 Å². The van der Waals surface area contributed by atoms with Gasteiger partial charge in [0.25, 0.3) is 0 Å². The van der Waals surface area contributed by atoms with Crippen molar-refractivity contribution in [3.05, 3.63) is 65.2 Å². The van der Waals surface area contributed by atoms with Crippen LogP contribution in [0.1, 0.15) is 22.8 Å². The maximum Gasteiger partial charge on any atom is 0.118 e. The molecule has 0 saturated carbocycles. The fourth-order valence-corrected chi connectivity index (χ4v) is 2.29. The number of benzene rings is 2. The zero-order chi connectivity index (χ0) is 15.9. The van der Waals surface area contributed by atoms with Crippen molar-refractivity contribution in [2.75, 3.05) is 20.7 Å². The summed E-state index contributed by atoms with van der Waals surface area (Å²) in [6.07, 6.45) is -0.573. The van der Waals surface area contributed by atoms with Crippen LogP contribution in [0.25, 0.3) is 0 Å². The van der Waals surface area contributed by atoms with Gasteiger partial charge in [-0.3, -0.25) is 4.90 Å². The fourth-order valence-electron chi connectivity index (χ4n) is 2.29. The molecule has 0 spiro atoms. The minimum atomic E-state index is -0.573. The third kappa shape index (κ3) is 4.32. The minimum absolute atomic E-state index is 0.526. The van der Waals surface area contributed by atoms with Gasteiger partial charge in [0.1, 0.15) is 5.75 Å². The Morgan fingerprint density at radius 3 is 2.32 bits per heavy atom. The van der Waals surface area contributed by atoms with Crippen LogP contribution < -0.4 is 4.74 Å². The first kappa shape index (κ1) is 16.0. The summed E-state index contributed by atoms with van der Waals surface area (Å²) >= 11 is 0. The van der Waals surface area contributed by atoms with Crippen molar-refractivity contribution >= 4 is 0 Å². The molecule has 0 aromatic heterocycles. The zero-order valence-corrected chi connectivity index (χ0v) is 12.9. The first-order valence-electron chi connectivity index (χ1n) is 7.12. The second-order valence-corrected chi connectivity index (χ2v) is 5.29. The Morgan fingerprint density at radius 1 is 1.14 bits per heavy atom. The maximum absolute atomic E-state index is 10.3. The van der Waals surface area contributed by atoms with Gasteiger partial charge in [0.15, 0.2) is 0 Å². The van der Waals surface area contributed by atoms with Crippen LogP contribution in [0.3, 0.4) is 0 Å². The monoisotopic (exact) mass is 296 g/mol. The van der Waals surface area contributed by atoms with E-state index in [2.05, 4.69) is 11.0 Å². The molecule has 0 radical (unpaired) electrons. The summed E-state index contributed by atoms with van der Waals surface area (Å²) in [4.78, 5) is 2.06. The summed E-state index contributed by atoms with van der Waals surface area (Å²) in [5.41, 5.74) is 2.58. The Kier molecular flexibility index (Phi) is 5.54. The molecule has 1 unspecified atom stereocenters. The highest BCUT2D eigenvalue weighted by Crippen LogP contribution is 2.17. The van der Waals surface area contributed by atoms with E-state index in [1.165, 1.54) is 0 Å². The molecule has 4 heteroatoms. The van der Waals surface area contributed by atoms with Crippen molar-refractivity contribution in [3.8, 4) is 11.8 Å². The molecular formula is C18H20N2O2. The Labute approximate surface area is 131 Å². The maximum atomic E-state index is 10.3. The smallest absolute Gasteiger partial charge is 0.118 e. The molecule has 1 N–H and O–H groups in total. The van der Waals surface area contributed by atoms with Gasteiger partial charge in [0, 0.05) is 13.1 Å². The lowest BCUT2D eigenvalue weighted by atomic mass is 10.1. The number of hydrogen-bond acceptors (Lipinski definition) is 4. The summed E-state index contributed by atoms with van der Waals surface area (Å²) in [5.74, 6) is 0.837. The average Bonchev–Trinajstić information content (AvgIpc) is 2.55. The van der Waals surface area contributed by atoms with Gasteiger partial charge in [-0.2, -0.15) is 5.26 Å². The Balaban J connectivity index is 1.92. The standard InChI is InChI=1S/C18H20N2O2/c1-20(12-15-5-9-17(22-2)10-6-15)13-18(21)16-7-3-14(11-19)4-8-16/h3-10,18,21H,12-13H2,1-2H3. The molecule has 0 aliphatic carbocycles. The predicted octanol–water partition coefficient (Wildman–Crippen LogP) is 2.73. The Hall–Kier alpha value is -2.35. The summed E-state index contributed by atoms with van der Waals surface area (Å²) in [7, 11) is 3.62. The molecule has 2 rings (SSSR count). The van der Waals surface area contributed by atoms with Crippen LogP contribution in [0.4, 0.5) is 0 Å². The highest BCUT2D eigenvalue weighted by atomic mass is 16.5.